The van der Waals surface area contributed by atoms with Gasteiger partial charge in [-0.05, 0) is 12.8 Å². The molecular weight excluding hydrogens is 240 g/mol. The molecule has 2 rings (SSSR count). The molecule has 2 N–H and O–H groups in total. The number of nitrogens with two attached hydrogens (primary N) is 1. The molecule has 0 aromatic carbocycles. The van der Waals surface area contributed by atoms with Crippen LogP contribution in [-0.2, 0) is 20.3 Å². The molecule has 2 aliphatic heterocycles. The molecule has 0 spiro atoms. The number of carbonyl (C=O) groups is 1. The maximum atomic E-state index is 12.5. The third-order valence-corrected chi connectivity index (χ3v) is 5.04. The third-order valence-electron chi connectivity index (χ3n) is 3.76. The maximum Gasteiger partial charge on any atom is 0.230 e. The Kier molecular flexibility index (Phi) is 4.17. The molecule has 0 aromatic heterocycles. The molecule has 0 aromatic rings. The number of ether oxygens (including phenoxy) is 1. The van der Waals surface area contributed by atoms with Gasteiger partial charge in [-0.25, -0.2) is 0 Å². The van der Waals surface area contributed by atoms with Crippen LogP contribution in [0.3, 0.4) is 0 Å². The van der Waals surface area contributed by atoms with Gasteiger partial charge in [0.2, 0.25) is 5.91 Å². The van der Waals surface area contributed by atoms with Crippen LogP contribution in [0.5, 0.6) is 0 Å². The van der Waals surface area contributed by atoms with Crippen LogP contribution in [0.15, 0.2) is 0 Å². The van der Waals surface area contributed by atoms with Crippen LogP contribution < -0.4 is 5.73 Å². The van der Waals surface area contributed by atoms with Gasteiger partial charge < -0.3 is 15.4 Å². The minimum Gasteiger partial charge on any atom is -0.381 e. The molecule has 0 radical (unpaired) electrons. The van der Waals surface area contributed by atoms with Crippen LogP contribution in [0, 0.1) is 5.41 Å². The lowest BCUT2D eigenvalue weighted by atomic mass is 9.79. The van der Waals surface area contributed by atoms with Crippen molar-refractivity contribution in [3.63, 3.8) is 0 Å². The van der Waals surface area contributed by atoms with Gasteiger partial charge in [-0.15, -0.1) is 0 Å². The summed E-state index contributed by atoms with van der Waals surface area (Å²) in [7, 11) is -0.748. The van der Waals surface area contributed by atoms with E-state index in [9.17, 15) is 9.00 Å². The Morgan fingerprint density at radius 1 is 1.29 bits per heavy atom. The molecule has 2 aliphatic rings. The molecule has 2 fully saturated rings. The summed E-state index contributed by atoms with van der Waals surface area (Å²) in [5.74, 6) is 1.34. The van der Waals surface area contributed by atoms with Gasteiger partial charge in [-0.1, -0.05) is 0 Å². The number of rotatable bonds is 2. The minimum absolute atomic E-state index is 0.139. The predicted molar refractivity (Wildman–Crippen MR) is 66.0 cm³/mol. The van der Waals surface area contributed by atoms with Crippen molar-refractivity contribution in [2.75, 3.05) is 44.4 Å². The van der Waals surface area contributed by atoms with E-state index >= 15 is 0 Å². The first-order valence-corrected chi connectivity index (χ1v) is 7.59. The summed E-state index contributed by atoms with van der Waals surface area (Å²) in [6.45, 7) is 2.82. The number of amides is 1. The Labute approximate surface area is 104 Å². The van der Waals surface area contributed by atoms with Crippen molar-refractivity contribution in [1.82, 2.24) is 4.90 Å². The van der Waals surface area contributed by atoms with E-state index in [1.807, 2.05) is 4.90 Å². The summed E-state index contributed by atoms with van der Waals surface area (Å²) in [6.07, 6.45) is 1.42. The van der Waals surface area contributed by atoms with E-state index in [2.05, 4.69) is 0 Å². The molecule has 0 bridgehead atoms. The van der Waals surface area contributed by atoms with Crippen LogP contribution in [0.25, 0.3) is 0 Å². The quantitative estimate of drug-likeness (QED) is 0.715. The van der Waals surface area contributed by atoms with Gasteiger partial charge >= 0.3 is 0 Å². The molecule has 17 heavy (non-hydrogen) atoms. The number of carbonyl (C=O) groups excluding carboxylic acids is 1. The standard InChI is InChI=1S/C11H20N2O3S/c12-9-11(1-5-16-6-2-11)10(14)13-3-7-17(15)8-4-13/h1-9,12H2. The lowest BCUT2D eigenvalue weighted by molar-refractivity contribution is -0.146. The molecule has 0 atom stereocenters. The van der Waals surface area contributed by atoms with Crippen molar-refractivity contribution in [1.29, 1.82) is 0 Å². The molecule has 1 amide bonds. The van der Waals surface area contributed by atoms with E-state index in [1.165, 1.54) is 0 Å². The second-order valence-electron chi connectivity index (χ2n) is 4.74. The Balaban J connectivity index is 2.03. The molecule has 0 saturated carbocycles. The molecule has 0 aliphatic carbocycles. The first-order chi connectivity index (χ1) is 8.18. The molecule has 0 unspecified atom stereocenters. The van der Waals surface area contributed by atoms with Crippen LogP contribution in [0.2, 0.25) is 0 Å². The van der Waals surface area contributed by atoms with E-state index in [4.69, 9.17) is 10.5 Å². The molecule has 2 saturated heterocycles. The van der Waals surface area contributed by atoms with Gasteiger partial charge in [0.25, 0.3) is 0 Å². The number of nitrogens with zero attached hydrogens (tertiary/aromatic N) is 1. The fourth-order valence-electron chi connectivity index (χ4n) is 2.44. The molecular formula is C11H20N2O3S. The average Bonchev–Trinajstić information content (AvgIpc) is 2.39. The summed E-state index contributed by atoms with van der Waals surface area (Å²) < 4.78 is 16.6. The number of hydrogen-bond donors (Lipinski definition) is 1. The molecule has 2 heterocycles. The van der Waals surface area contributed by atoms with E-state index in [-0.39, 0.29) is 5.91 Å². The SMILES string of the molecule is NCC1(C(=O)N2CCS(=O)CC2)CCOCC1. The highest BCUT2D eigenvalue weighted by Crippen LogP contribution is 2.31. The van der Waals surface area contributed by atoms with E-state index < -0.39 is 16.2 Å². The van der Waals surface area contributed by atoms with Gasteiger partial charge in [-0.2, -0.15) is 0 Å². The molecule has 6 heteroatoms. The fourth-order valence-corrected chi connectivity index (χ4v) is 3.50. The van der Waals surface area contributed by atoms with Crippen molar-refractivity contribution in [2.45, 2.75) is 12.8 Å². The molecule has 5 nitrogen and oxygen atoms in total. The summed E-state index contributed by atoms with van der Waals surface area (Å²) in [6, 6.07) is 0. The largest absolute Gasteiger partial charge is 0.381 e. The Morgan fingerprint density at radius 2 is 1.88 bits per heavy atom. The maximum absolute atomic E-state index is 12.5. The van der Waals surface area contributed by atoms with Crippen LogP contribution >= 0.6 is 0 Å². The average molecular weight is 260 g/mol. The van der Waals surface area contributed by atoms with Gasteiger partial charge in [0, 0.05) is 55.2 Å². The summed E-state index contributed by atoms with van der Waals surface area (Å²) in [5, 5.41) is 0. The van der Waals surface area contributed by atoms with Crippen molar-refractivity contribution >= 4 is 16.7 Å². The lowest BCUT2D eigenvalue weighted by Gasteiger charge is -2.40. The van der Waals surface area contributed by atoms with E-state index in [1.54, 1.807) is 0 Å². The van der Waals surface area contributed by atoms with Gasteiger partial charge in [-0.3, -0.25) is 9.00 Å². The fraction of sp³-hybridized carbons (Fsp3) is 0.909. The summed E-state index contributed by atoms with van der Waals surface area (Å²) in [4.78, 5) is 14.3. The second-order valence-corrected chi connectivity index (χ2v) is 6.43. The lowest BCUT2D eigenvalue weighted by Crippen LogP contribution is -2.53. The van der Waals surface area contributed by atoms with Gasteiger partial charge in [0.1, 0.15) is 0 Å². The zero-order valence-corrected chi connectivity index (χ0v) is 10.8. The highest BCUT2D eigenvalue weighted by atomic mass is 32.2. The summed E-state index contributed by atoms with van der Waals surface area (Å²) in [5.41, 5.74) is 5.38. The van der Waals surface area contributed by atoms with Crippen molar-refractivity contribution in [2.24, 2.45) is 11.1 Å². The Hall–Kier alpha value is -0.460. The Morgan fingerprint density at radius 3 is 2.41 bits per heavy atom. The summed E-state index contributed by atoms with van der Waals surface area (Å²) >= 11 is 0. The first kappa shape index (κ1) is 13.0. The van der Waals surface area contributed by atoms with Crippen LogP contribution in [-0.4, -0.2) is 59.4 Å². The van der Waals surface area contributed by atoms with E-state index in [0.29, 0.717) is 57.2 Å². The smallest absolute Gasteiger partial charge is 0.230 e. The van der Waals surface area contributed by atoms with Crippen molar-refractivity contribution in [3.05, 3.63) is 0 Å². The topological polar surface area (TPSA) is 72.6 Å². The monoisotopic (exact) mass is 260 g/mol. The van der Waals surface area contributed by atoms with E-state index in [0.717, 1.165) is 0 Å². The van der Waals surface area contributed by atoms with Crippen LogP contribution in [0.1, 0.15) is 12.8 Å². The minimum atomic E-state index is -0.748. The van der Waals surface area contributed by atoms with Crippen LogP contribution in [0.4, 0.5) is 0 Å². The first-order valence-electron chi connectivity index (χ1n) is 6.10. The highest BCUT2D eigenvalue weighted by molar-refractivity contribution is 7.85. The normalized spacial score (nSPS) is 25.8. The van der Waals surface area contributed by atoms with Crippen molar-refractivity contribution < 1.29 is 13.7 Å². The predicted octanol–water partition coefficient (Wildman–Crippen LogP) is -0.667. The Bertz CT molecular complexity index is 306. The zero-order chi connectivity index (χ0) is 12.3. The number of hydrogen-bond acceptors (Lipinski definition) is 4. The third kappa shape index (κ3) is 2.69. The van der Waals surface area contributed by atoms with Gasteiger partial charge in [0.05, 0.1) is 5.41 Å². The molecule has 98 valence electrons. The zero-order valence-electron chi connectivity index (χ0n) is 10.0. The highest BCUT2D eigenvalue weighted by Gasteiger charge is 2.41. The second kappa shape index (κ2) is 5.46. The van der Waals surface area contributed by atoms with Gasteiger partial charge in [0.15, 0.2) is 0 Å². The van der Waals surface area contributed by atoms with Crippen molar-refractivity contribution in [3.8, 4) is 0 Å².